The Labute approximate surface area is 149 Å². The summed E-state index contributed by atoms with van der Waals surface area (Å²) in [4.78, 5) is 11.6. The van der Waals surface area contributed by atoms with Crippen LogP contribution >= 0.6 is 12.4 Å². The maximum Gasteiger partial charge on any atom is 0.257 e. The minimum absolute atomic E-state index is 0. The van der Waals surface area contributed by atoms with Crippen LogP contribution in [-0.4, -0.2) is 26.5 Å². The molecule has 0 saturated heterocycles. The molecule has 0 radical (unpaired) electrons. The quantitative estimate of drug-likeness (QED) is 0.547. The first-order chi connectivity index (χ1) is 11.2. The molecule has 0 spiro atoms. The summed E-state index contributed by atoms with van der Waals surface area (Å²) in [6.07, 6.45) is 0.965. The lowest BCUT2D eigenvalue weighted by Gasteiger charge is -2.12. The molecule has 7 nitrogen and oxygen atoms in total. The Morgan fingerprint density at radius 2 is 1.80 bits per heavy atom. The second kappa shape index (κ2) is 7.95. The van der Waals surface area contributed by atoms with Gasteiger partial charge in [0.05, 0.1) is 0 Å². The largest absolute Gasteiger partial charge is 0.456 e. The Bertz CT molecular complexity index is 901. The molecule has 4 N–H and O–H groups in total. The van der Waals surface area contributed by atoms with Gasteiger partial charge in [0.2, 0.25) is 0 Å². The van der Waals surface area contributed by atoms with Crippen LogP contribution in [0.5, 0.6) is 11.5 Å². The fourth-order valence-electron chi connectivity index (χ4n) is 1.85. The zero-order chi connectivity index (χ0) is 17.9. The number of ether oxygens (including phenoxy) is 1. The lowest BCUT2D eigenvalue weighted by Crippen LogP contribution is -2.35. The van der Waals surface area contributed by atoms with Crippen LogP contribution in [0.4, 0.5) is 4.39 Å². The Morgan fingerprint density at radius 1 is 1.20 bits per heavy atom. The average Bonchev–Trinajstić information content (AvgIpc) is 2.48. The second-order valence-electron chi connectivity index (χ2n) is 4.86. The SMILES string of the molecule is CS(=O)(=O)c1cc(C(=O)NC(=N)N)ccc1Oc1ccc(F)cc1.Cl. The zero-order valence-corrected chi connectivity index (χ0v) is 14.6. The summed E-state index contributed by atoms with van der Waals surface area (Å²) < 4.78 is 42.3. The number of benzene rings is 2. The van der Waals surface area contributed by atoms with E-state index in [4.69, 9.17) is 15.9 Å². The summed E-state index contributed by atoms with van der Waals surface area (Å²) in [5.41, 5.74) is 5.07. The van der Waals surface area contributed by atoms with Crippen LogP contribution in [0.1, 0.15) is 10.4 Å². The molecule has 1 amide bonds. The summed E-state index contributed by atoms with van der Waals surface area (Å²) >= 11 is 0. The number of nitrogens with two attached hydrogens (primary N) is 1. The Morgan fingerprint density at radius 3 is 2.32 bits per heavy atom. The van der Waals surface area contributed by atoms with Crippen LogP contribution in [0.2, 0.25) is 0 Å². The van der Waals surface area contributed by atoms with Crippen molar-refractivity contribution in [3.8, 4) is 11.5 Å². The molecule has 0 unspecified atom stereocenters. The number of hydrogen-bond donors (Lipinski definition) is 3. The normalized spacial score (nSPS) is 10.5. The molecule has 0 atom stereocenters. The number of rotatable bonds is 4. The van der Waals surface area contributed by atoms with Gasteiger partial charge in [-0.25, -0.2) is 12.8 Å². The maximum absolute atomic E-state index is 12.9. The van der Waals surface area contributed by atoms with Crippen molar-refractivity contribution in [2.24, 2.45) is 5.73 Å². The summed E-state index contributed by atoms with van der Waals surface area (Å²) in [6.45, 7) is 0. The number of sulfone groups is 1. The number of carbonyl (C=O) groups is 1. The number of carbonyl (C=O) groups excluding carboxylic acids is 1. The first-order valence-corrected chi connectivity index (χ1v) is 8.49. The third-order valence-corrected chi connectivity index (χ3v) is 4.01. The second-order valence-corrected chi connectivity index (χ2v) is 6.84. The highest BCUT2D eigenvalue weighted by molar-refractivity contribution is 7.90. The minimum atomic E-state index is -3.71. The van der Waals surface area contributed by atoms with E-state index in [0.29, 0.717) is 0 Å². The van der Waals surface area contributed by atoms with E-state index in [9.17, 15) is 17.6 Å². The molecule has 10 heteroatoms. The van der Waals surface area contributed by atoms with E-state index >= 15 is 0 Å². The van der Waals surface area contributed by atoms with Crippen molar-refractivity contribution in [1.29, 1.82) is 5.41 Å². The highest BCUT2D eigenvalue weighted by atomic mass is 35.5. The van der Waals surface area contributed by atoms with Crippen molar-refractivity contribution in [3.63, 3.8) is 0 Å². The fraction of sp³-hybridized carbons (Fsp3) is 0.0667. The number of nitrogens with one attached hydrogen (secondary N) is 2. The number of amides is 1. The standard InChI is InChI=1S/C15H14FN3O4S.ClH/c1-24(21,22)13-8-9(14(20)19-15(17)18)2-7-12(13)23-11-5-3-10(16)4-6-11;/h2-8H,1H3,(H4,17,18,19,20);1H. The molecule has 0 aliphatic heterocycles. The van der Waals surface area contributed by atoms with Crippen LogP contribution in [0.25, 0.3) is 0 Å². The van der Waals surface area contributed by atoms with Gasteiger partial charge < -0.3 is 10.5 Å². The van der Waals surface area contributed by atoms with Gasteiger partial charge in [-0.15, -0.1) is 12.4 Å². The van der Waals surface area contributed by atoms with Crippen molar-refractivity contribution in [3.05, 3.63) is 53.8 Å². The van der Waals surface area contributed by atoms with Gasteiger partial charge in [0.1, 0.15) is 22.2 Å². The maximum atomic E-state index is 12.9. The van der Waals surface area contributed by atoms with Crippen LogP contribution in [0.3, 0.4) is 0 Å². The first-order valence-electron chi connectivity index (χ1n) is 6.60. The van der Waals surface area contributed by atoms with E-state index in [2.05, 4.69) is 5.32 Å². The van der Waals surface area contributed by atoms with Crippen molar-refractivity contribution >= 4 is 34.1 Å². The monoisotopic (exact) mass is 387 g/mol. The average molecular weight is 388 g/mol. The predicted octanol–water partition coefficient (Wildman–Crippen LogP) is 2.07. The molecule has 25 heavy (non-hydrogen) atoms. The molecule has 134 valence electrons. The Kier molecular flexibility index (Phi) is 6.49. The molecule has 2 rings (SSSR count). The van der Waals surface area contributed by atoms with Gasteiger partial charge in [0, 0.05) is 11.8 Å². The highest BCUT2D eigenvalue weighted by Crippen LogP contribution is 2.30. The van der Waals surface area contributed by atoms with Crippen molar-refractivity contribution in [1.82, 2.24) is 5.32 Å². The smallest absolute Gasteiger partial charge is 0.257 e. The van der Waals surface area contributed by atoms with Crippen molar-refractivity contribution < 1.29 is 22.3 Å². The zero-order valence-electron chi connectivity index (χ0n) is 12.9. The van der Waals surface area contributed by atoms with Gasteiger partial charge in [0.25, 0.3) is 5.91 Å². The minimum Gasteiger partial charge on any atom is -0.456 e. The van der Waals surface area contributed by atoms with E-state index in [0.717, 1.165) is 12.3 Å². The van der Waals surface area contributed by atoms with Crippen LogP contribution < -0.4 is 15.8 Å². The third-order valence-electron chi connectivity index (χ3n) is 2.90. The van der Waals surface area contributed by atoms with Gasteiger partial charge in [0.15, 0.2) is 15.8 Å². The van der Waals surface area contributed by atoms with Crippen LogP contribution in [-0.2, 0) is 9.84 Å². The number of halogens is 2. The highest BCUT2D eigenvalue weighted by Gasteiger charge is 2.19. The molecule has 2 aromatic carbocycles. The summed E-state index contributed by atoms with van der Waals surface area (Å²) in [5, 5.41) is 9.09. The molecule has 0 heterocycles. The molecular formula is C15H15ClFN3O4S. The summed E-state index contributed by atoms with van der Waals surface area (Å²) in [6, 6.07) is 8.77. The molecule has 0 saturated carbocycles. The summed E-state index contributed by atoms with van der Waals surface area (Å²) in [7, 11) is -3.71. The molecule has 0 aliphatic rings. The van der Waals surface area contributed by atoms with Crippen molar-refractivity contribution in [2.45, 2.75) is 4.90 Å². The van der Waals surface area contributed by atoms with Gasteiger partial charge >= 0.3 is 0 Å². The predicted molar refractivity (Wildman–Crippen MR) is 92.7 cm³/mol. The molecular weight excluding hydrogens is 373 g/mol. The molecule has 0 bridgehead atoms. The van der Waals surface area contributed by atoms with Gasteiger partial charge in [-0.3, -0.25) is 15.5 Å². The third kappa shape index (κ3) is 5.44. The van der Waals surface area contributed by atoms with E-state index in [-0.39, 0.29) is 34.4 Å². The summed E-state index contributed by atoms with van der Waals surface area (Å²) in [5.74, 6) is -1.51. The van der Waals surface area contributed by atoms with Crippen LogP contribution in [0.15, 0.2) is 47.4 Å². The Balaban J connectivity index is 0.00000312. The first kappa shape index (κ1) is 20.4. The van der Waals surface area contributed by atoms with Crippen molar-refractivity contribution in [2.75, 3.05) is 6.26 Å². The molecule has 0 fully saturated rings. The molecule has 0 aromatic heterocycles. The Hall–Kier alpha value is -2.65. The van der Waals surface area contributed by atoms with E-state index in [1.807, 2.05) is 0 Å². The topological polar surface area (TPSA) is 122 Å². The van der Waals surface area contributed by atoms with E-state index < -0.39 is 27.5 Å². The molecule has 2 aromatic rings. The lowest BCUT2D eigenvalue weighted by atomic mass is 10.2. The van der Waals surface area contributed by atoms with Gasteiger partial charge in [-0.2, -0.15) is 0 Å². The van der Waals surface area contributed by atoms with Gasteiger partial charge in [-0.05, 0) is 42.5 Å². The van der Waals surface area contributed by atoms with Gasteiger partial charge in [-0.1, -0.05) is 0 Å². The van der Waals surface area contributed by atoms with Crippen LogP contribution in [0, 0.1) is 11.2 Å². The molecule has 0 aliphatic carbocycles. The number of guanidine groups is 1. The number of hydrogen-bond acceptors (Lipinski definition) is 5. The lowest BCUT2D eigenvalue weighted by molar-refractivity contribution is 0.0976. The van der Waals surface area contributed by atoms with E-state index in [1.165, 1.54) is 36.4 Å². The van der Waals surface area contributed by atoms with E-state index in [1.54, 1.807) is 0 Å². The fourth-order valence-corrected chi connectivity index (χ4v) is 2.66.